The molecule has 0 aromatic heterocycles. The Bertz CT molecular complexity index is 484. The van der Waals surface area contributed by atoms with E-state index in [2.05, 4.69) is 4.99 Å². The molecule has 1 aromatic carbocycles. The minimum Gasteiger partial charge on any atom is -0.378 e. The van der Waals surface area contributed by atoms with Crippen molar-refractivity contribution in [1.82, 2.24) is 9.80 Å². The second kappa shape index (κ2) is 7.64. The highest BCUT2D eigenvalue weighted by Crippen LogP contribution is 2.03. The average molecular weight is 290 g/mol. The van der Waals surface area contributed by atoms with E-state index in [-0.39, 0.29) is 12.5 Å². The molecule has 0 saturated carbocycles. The lowest BCUT2D eigenvalue weighted by molar-refractivity contribution is -0.128. The highest BCUT2D eigenvalue weighted by Gasteiger charge is 2.13. The SMILES string of the molecule is CN(Cc1ccccc1)C(=O)CN=C(N)N1CCOCC1. The van der Waals surface area contributed by atoms with Crippen LogP contribution in [0.25, 0.3) is 0 Å². The van der Waals surface area contributed by atoms with Gasteiger partial charge in [0.15, 0.2) is 5.96 Å². The fourth-order valence-electron chi connectivity index (χ4n) is 2.11. The van der Waals surface area contributed by atoms with E-state index in [1.165, 1.54) is 0 Å². The van der Waals surface area contributed by atoms with Gasteiger partial charge in [-0.3, -0.25) is 4.79 Å². The van der Waals surface area contributed by atoms with Gasteiger partial charge < -0.3 is 20.3 Å². The summed E-state index contributed by atoms with van der Waals surface area (Å²) in [6, 6.07) is 9.87. The topological polar surface area (TPSA) is 71.2 Å². The van der Waals surface area contributed by atoms with Crippen molar-refractivity contribution >= 4 is 11.9 Å². The molecule has 1 amide bonds. The molecule has 0 spiro atoms. The molecular weight excluding hydrogens is 268 g/mol. The molecule has 2 N–H and O–H groups in total. The summed E-state index contributed by atoms with van der Waals surface area (Å²) in [5.41, 5.74) is 6.99. The molecular formula is C15H22N4O2. The van der Waals surface area contributed by atoms with Gasteiger partial charge in [-0.05, 0) is 5.56 Å². The van der Waals surface area contributed by atoms with Crippen LogP contribution in [0.2, 0.25) is 0 Å². The Morgan fingerprint density at radius 3 is 2.67 bits per heavy atom. The van der Waals surface area contributed by atoms with Crippen molar-refractivity contribution in [2.45, 2.75) is 6.54 Å². The summed E-state index contributed by atoms with van der Waals surface area (Å²) in [5, 5.41) is 0. The van der Waals surface area contributed by atoms with E-state index in [1.807, 2.05) is 35.2 Å². The van der Waals surface area contributed by atoms with Crippen molar-refractivity contribution in [3.63, 3.8) is 0 Å². The second-order valence-electron chi connectivity index (χ2n) is 5.01. The van der Waals surface area contributed by atoms with Gasteiger partial charge in [0.1, 0.15) is 6.54 Å². The van der Waals surface area contributed by atoms with Crippen LogP contribution in [0.15, 0.2) is 35.3 Å². The molecule has 0 unspecified atom stereocenters. The number of rotatable bonds is 4. The quantitative estimate of drug-likeness (QED) is 0.639. The number of amides is 1. The fourth-order valence-corrected chi connectivity index (χ4v) is 2.11. The Morgan fingerprint density at radius 1 is 1.33 bits per heavy atom. The summed E-state index contributed by atoms with van der Waals surface area (Å²) in [6.45, 7) is 3.40. The lowest BCUT2D eigenvalue weighted by Crippen LogP contribution is -2.45. The van der Waals surface area contributed by atoms with E-state index >= 15 is 0 Å². The number of morpholine rings is 1. The molecule has 1 heterocycles. The molecule has 1 fully saturated rings. The molecule has 6 nitrogen and oxygen atoms in total. The normalized spacial score (nSPS) is 15.9. The maximum atomic E-state index is 12.1. The predicted octanol–water partition coefficient (Wildman–Crippen LogP) is 0.292. The summed E-state index contributed by atoms with van der Waals surface area (Å²) in [5.74, 6) is 0.370. The summed E-state index contributed by atoms with van der Waals surface area (Å²) >= 11 is 0. The first kappa shape index (κ1) is 15.3. The number of ether oxygens (including phenoxy) is 1. The minimum absolute atomic E-state index is 0.0462. The highest BCUT2D eigenvalue weighted by molar-refractivity contribution is 5.84. The number of hydrogen-bond donors (Lipinski definition) is 1. The number of benzene rings is 1. The third kappa shape index (κ3) is 4.75. The van der Waals surface area contributed by atoms with Gasteiger partial charge in [0.2, 0.25) is 5.91 Å². The third-order valence-electron chi connectivity index (χ3n) is 3.40. The zero-order chi connectivity index (χ0) is 15.1. The van der Waals surface area contributed by atoms with Crippen LogP contribution in [0.3, 0.4) is 0 Å². The summed E-state index contributed by atoms with van der Waals surface area (Å²) in [4.78, 5) is 19.8. The predicted molar refractivity (Wildman–Crippen MR) is 81.8 cm³/mol. The van der Waals surface area contributed by atoms with Gasteiger partial charge in [-0.25, -0.2) is 4.99 Å². The van der Waals surface area contributed by atoms with Crippen molar-refractivity contribution in [2.24, 2.45) is 10.7 Å². The van der Waals surface area contributed by atoms with E-state index < -0.39 is 0 Å². The number of carbonyl (C=O) groups is 1. The monoisotopic (exact) mass is 290 g/mol. The molecule has 0 bridgehead atoms. The number of hydrogen-bond acceptors (Lipinski definition) is 3. The highest BCUT2D eigenvalue weighted by atomic mass is 16.5. The Balaban J connectivity index is 1.82. The molecule has 1 saturated heterocycles. The van der Waals surface area contributed by atoms with Gasteiger partial charge in [-0.2, -0.15) is 0 Å². The first-order valence-corrected chi connectivity index (χ1v) is 7.07. The molecule has 0 radical (unpaired) electrons. The Morgan fingerprint density at radius 2 is 2.00 bits per heavy atom. The summed E-state index contributed by atoms with van der Waals surface area (Å²) in [6.07, 6.45) is 0. The van der Waals surface area contributed by atoms with Crippen LogP contribution in [0.1, 0.15) is 5.56 Å². The van der Waals surface area contributed by atoms with Gasteiger partial charge in [0.25, 0.3) is 0 Å². The standard InChI is InChI=1S/C15H22N4O2/c1-18(12-13-5-3-2-4-6-13)14(20)11-17-15(16)19-7-9-21-10-8-19/h2-6H,7-12H2,1H3,(H2,16,17). The second-order valence-corrected chi connectivity index (χ2v) is 5.01. The van der Waals surface area contributed by atoms with Crippen molar-refractivity contribution < 1.29 is 9.53 Å². The van der Waals surface area contributed by atoms with Crippen LogP contribution >= 0.6 is 0 Å². The van der Waals surface area contributed by atoms with E-state index in [4.69, 9.17) is 10.5 Å². The summed E-state index contributed by atoms with van der Waals surface area (Å²) in [7, 11) is 1.77. The maximum absolute atomic E-state index is 12.1. The molecule has 6 heteroatoms. The molecule has 1 aliphatic heterocycles. The molecule has 2 rings (SSSR count). The van der Waals surface area contributed by atoms with E-state index in [0.29, 0.717) is 25.7 Å². The Hall–Kier alpha value is -2.08. The number of aliphatic imine (C=N–C) groups is 1. The smallest absolute Gasteiger partial charge is 0.244 e. The number of likely N-dealkylation sites (N-methyl/N-ethyl adjacent to an activating group) is 1. The van der Waals surface area contributed by atoms with Crippen LogP contribution in [0.4, 0.5) is 0 Å². The van der Waals surface area contributed by atoms with Crippen LogP contribution < -0.4 is 5.73 Å². The van der Waals surface area contributed by atoms with E-state index in [0.717, 1.165) is 18.7 Å². The van der Waals surface area contributed by atoms with Gasteiger partial charge >= 0.3 is 0 Å². The van der Waals surface area contributed by atoms with E-state index in [9.17, 15) is 4.79 Å². The van der Waals surface area contributed by atoms with Crippen molar-refractivity contribution in [3.8, 4) is 0 Å². The first-order valence-electron chi connectivity index (χ1n) is 7.07. The molecule has 0 aliphatic carbocycles. The van der Waals surface area contributed by atoms with Gasteiger partial charge in [-0.1, -0.05) is 30.3 Å². The average Bonchev–Trinajstić information content (AvgIpc) is 2.54. The lowest BCUT2D eigenvalue weighted by atomic mass is 10.2. The van der Waals surface area contributed by atoms with E-state index in [1.54, 1.807) is 11.9 Å². The zero-order valence-electron chi connectivity index (χ0n) is 12.4. The van der Waals surface area contributed by atoms with Crippen LogP contribution in [-0.4, -0.2) is 61.6 Å². The van der Waals surface area contributed by atoms with Crippen molar-refractivity contribution in [3.05, 3.63) is 35.9 Å². The van der Waals surface area contributed by atoms with Gasteiger partial charge in [-0.15, -0.1) is 0 Å². The molecule has 114 valence electrons. The number of nitrogens with zero attached hydrogens (tertiary/aromatic N) is 3. The zero-order valence-corrected chi connectivity index (χ0v) is 12.4. The maximum Gasteiger partial charge on any atom is 0.244 e. The molecule has 1 aliphatic rings. The number of carbonyl (C=O) groups excluding carboxylic acids is 1. The summed E-state index contributed by atoms with van der Waals surface area (Å²) < 4.78 is 5.25. The molecule has 1 aromatic rings. The largest absolute Gasteiger partial charge is 0.378 e. The lowest BCUT2D eigenvalue weighted by Gasteiger charge is -2.27. The first-order chi connectivity index (χ1) is 10.2. The number of guanidine groups is 1. The third-order valence-corrected chi connectivity index (χ3v) is 3.40. The van der Waals surface area contributed by atoms with Crippen LogP contribution in [0, 0.1) is 0 Å². The minimum atomic E-state index is -0.0462. The van der Waals surface area contributed by atoms with Crippen LogP contribution in [0.5, 0.6) is 0 Å². The number of nitrogens with two attached hydrogens (primary N) is 1. The van der Waals surface area contributed by atoms with Gasteiger partial charge in [0, 0.05) is 26.7 Å². The Labute approximate surface area is 125 Å². The van der Waals surface area contributed by atoms with Crippen molar-refractivity contribution in [1.29, 1.82) is 0 Å². The van der Waals surface area contributed by atoms with Crippen molar-refractivity contribution in [2.75, 3.05) is 39.9 Å². The van der Waals surface area contributed by atoms with Crippen LogP contribution in [-0.2, 0) is 16.1 Å². The Kier molecular flexibility index (Phi) is 5.57. The van der Waals surface area contributed by atoms with Gasteiger partial charge in [0.05, 0.1) is 13.2 Å². The fraction of sp³-hybridized carbons (Fsp3) is 0.467. The molecule has 21 heavy (non-hydrogen) atoms. The molecule has 0 atom stereocenters.